The summed E-state index contributed by atoms with van der Waals surface area (Å²) in [6, 6.07) is 5.40. The fraction of sp³-hybridized carbons (Fsp3) is 0.538. The van der Waals surface area contributed by atoms with Gasteiger partial charge in [0.1, 0.15) is 0 Å². The van der Waals surface area contributed by atoms with Gasteiger partial charge in [-0.05, 0) is 25.3 Å². The van der Waals surface area contributed by atoms with Crippen LogP contribution in [0.4, 0.5) is 5.69 Å². The first-order valence-electron chi connectivity index (χ1n) is 6.04. The minimum atomic E-state index is -0.362. The monoisotopic (exact) mass is 252 g/mol. The Kier molecular flexibility index (Phi) is 5.25. The van der Waals surface area contributed by atoms with Crippen molar-refractivity contribution >= 4 is 5.69 Å². The van der Waals surface area contributed by atoms with Gasteiger partial charge in [0.15, 0.2) is 0 Å². The highest BCUT2D eigenvalue weighted by Gasteiger charge is 2.13. The van der Waals surface area contributed by atoms with Gasteiger partial charge in [-0.3, -0.25) is 10.1 Å². The lowest BCUT2D eigenvalue weighted by atomic mass is 10.0. The molecule has 5 nitrogen and oxygen atoms in total. The van der Waals surface area contributed by atoms with E-state index in [0.717, 1.165) is 5.56 Å². The molecule has 0 radical (unpaired) electrons. The molecule has 0 saturated carbocycles. The highest BCUT2D eigenvalue weighted by atomic mass is 16.6. The molecule has 0 amide bonds. The van der Waals surface area contributed by atoms with Crippen molar-refractivity contribution < 1.29 is 10.0 Å². The van der Waals surface area contributed by atoms with Gasteiger partial charge in [0.2, 0.25) is 0 Å². The smallest absolute Gasteiger partial charge is 0.272 e. The standard InChI is InChI=1S/C13H20N2O3/c1-9-4-5-12(6-13(9)15(17)18)7-14-11(3)10(2)8-16/h4-6,10-11,14,16H,7-8H2,1-3H3. The number of nitro benzene ring substituents is 1. The fourth-order valence-corrected chi connectivity index (χ4v) is 1.60. The van der Waals surface area contributed by atoms with Gasteiger partial charge in [-0.25, -0.2) is 0 Å². The summed E-state index contributed by atoms with van der Waals surface area (Å²) >= 11 is 0. The van der Waals surface area contributed by atoms with Gasteiger partial charge in [-0.2, -0.15) is 0 Å². The van der Waals surface area contributed by atoms with Crippen LogP contribution >= 0.6 is 0 Å². The summed E-state index contributed by atoms with van der Waals surface area (Å²) in [5.41, 5.74) is 1.70. The first-order chi connectivity index (χ1) is 8.45. The number of hydrogen-bond acceptors (Lipinski definition) is 4. The van der Waals surface area contributed by atoms with Crippen molar-refractivity contribution in [2.24, 2.45) is 5.92 Å². The summed E-state index contributed by atoms with van der Waals surface area (Å²) in [5.74, 6) is 0.158. The van der Waals surface area contributed by atoms with Gasteiger partial charge in [-0.15, -0.1) is 0 Å². The van der Waals surface area contributed by atoms with E-state index in [-0.39, 0.29) is 29.2 Å². The Hall–Kier alpha value is -1.46. The molecule has 18 heavy (non-hydrogen) atoms. The van der Waals surface area contributed by atoms with E-state index in [1.807, 2.05) is 19.9 Å². The molecule has 1 rings (SSSR count). The third kappa shape index (κ3) is 3.78. The van der Waals surface area contributed by atoms with E-state index < -0.39 is 0 Å². The van der Waals surface area contributed by atoms with Crippen LogP contribution in [0.5, 0.6) is 0 Å². The van der Waals surface area contributed by atoms with E-state index in [2.05, 4.69) is 5.32 Å². The summed E-state index contributed by atoms with van der Waals surface area (Å²) in [5, 5.41) is 23.1. The van der Waals surface area contributed by atoms with Crippen LogP contribution in [0, 0.1) is 23.0 Å². The number of aliphatic hydroxyl groups excluding tert-OH is 1. The van der Waals surface area contributed by atoms with E-state index in [9.17, 15) is 10.1 Å². The molecule has 0 spiro atoms. The maximum Gasteiger partial charge on any atom is 0.272 e. The topological polar surface area (TPSA) is 75.4 Å². The largest absolute Gasteiger partial charge is 0.396 e. The lowest BCUT2D eigenvalue weighted by molar-refractivity contribution is -0.385. The van der Waals surface area contributed by atoms with Crippen molar-refractivity contribution in [1.29, 1.82) is 0 Å². The fourth-order valence-electron chi connectivity index (χ4n) is 1.60. The Balaban J connectivity index is 2.69. The van der Waals surface area contributed by atoms with Gasteiger partial charge in [0, 0.05) is 30.8 Å². The lowest BCUT2D eigenvalue weighted by Gasteiger charge is -2.19. The van der Waals surface area contributed by atoms with Crippen molar-refractivity contribution in [2.75, 3.05) is 6.61 Å². The van der Waals surface area contributed by atoms with Crippen LogP contribution in [0.2, 0.25) is 0 Å². The second-order valence-electron chi connectivity index (χ2n) is 4.71. The first kappa shape index (κ1) is 14.6. The zero-order chi connectivity index (χ0) is 13.7. The molecule has 2 N–H and O–H groups in total. The summed E-state index contributed by atoms with van der Waals surface area (Å²) in [6.45, 7) is 6.36. The number of nitro groups is 1. The number of aryl methyl sites for hydroxylation is 1. The van der Waals surface area contributed by atoms with Crippen molar-refractivity contribution in [1.82, 2.24) is 5.32 Å². The minimum absolute atomic E-state index is 0.127. The van der Waals surface area contributed by atoms with Gasteiger partial charge >= 0.3 is 0 Å². The Morgan fingerprint density at radius 2 is 2.11 bits per heavy atom. The Morgan fingerprint density at radius 1 is 1.44 bits per heavy atom. The van der Waals surface area contributed by atoms with Crippen molar-refractivity contribution in [3.63, 3.8) is 0 Å². The number of hydrogen-bond donors (Lipinski definition) is 2. The zero-order valence-corrected chi connectivity index (χ0v) is 11.0. The predicted octanol–water partition coefficient (Wildman–Crippen LogP) is 2.01. The second kappa shape index (κ2) is 6.47. The van der Waals surface area contributed by atoms with Gasteiger partial charge in [-0.1, -0.05) is 19.1 Å². The average molecular weight is 252 g/mol. The van der Waals surface area contributed by atoms with Crippen LogP contribution in [-0.4, -0.2) is 22.7 Å². The lowest BCUT2D eigenvalue weighted by Crippen LogP contribution is -2.33. The molecular weight excluding hydrogens is 232 g/mol. The Labute approximate surface area is 107 Å². The van der Waals surface area contributed by atoms with Crippen LogP contribution in [0.1, 0.15) is 25.0 Å². The first-order valence-corrected chi connectivity index (χ1v) is 6.04. The third-order valence-electron chi connectivity index (χ3n) is 3.24. The van der Waals surface area contributed by atoms with E-state index in [1.165, 1.54) is 0 Å². The molecule has 0 aromatic heterocycles. The van der Waals surface area contributed by atoms with Crippen LogP contribution in [0.15, 0.2) is 18.2 Å². The molecule has 2 atom stereocenters. The quantitative estimate of drug-likeness (QED) is 0.600. The van der Waals surface area contributed by atoms with Crippen molar-refractivity contribution in [2.45, 2.75) is 33.4 Å². The number of aliphatic hydroxyl groups is 1. The molecule has 100 valence electrons. The van der Waals surface area contributed by atoms with Crippen LogP contribution < -0.4 is 5.32 Å². The zero-order valence-electron chi connectivity index (χ0n) is 11.0. The SMILES string of the molecule is Cc1ccc(CNC(C)C(C)CO)cc1[N+](=O)[O-]. The minimum Gasteiger partial charge on any atom is -0.396 e. The normalized spacial score (nSPS) is 14.2. The molecule has 2 unspecified atom stereocenters. The predicted molar refractivity (Wildman–Crippen MR) is 70.4 cm³/mol. The third-order valence-corrected chi connectivity index (χ3v) is 3.24. The highest BCUT2D eigenvalue weighted by Crippen LogP contribution is 2.19. The van der Waals surface area contributed by atoms with Crippen molar-refractivity contribution in [3.8, 4) is 0 Å². The van der Waals surface area contributed by atoms with Gasteiger partial charge < -0.3 is 10.4 Å². The Morgan fingerprint density at radius 3 is 2.67 bits per heavy atom. The number of nitrogens with zero attached hydrogens (tertiary/aromatic N) is 1. The molecule has 0 bridgehead atoms. The molecule has 1 aromatic carbocycles. The van der Waals surface area contributed by atoms with E-state index in [4.69, 9.17) is 5.11 Å². The Bertz CT molecular complexity index is 421. The molecule has 1 aromatic rings. The molecule has 0 aliphatic carbocycles. The molecule has 5 heteroatoms. The van der Waals surface area contributed by atoms with Crippen molar-refractivity contribution in [3.05, 3.63) is 39.4 Å². The van der Waals surface area contributed by atoms with Crippen LogP contribution in [0.3, 0.4) is 0 Å². The van der Waals surface area contributed by atoms with Gasteiger partial charge in [0.25, 0.3) is 5.69 Å². The van der Waals surface area contributed by atoms with Crippen LogP contribution in [0.25, 0.3) is 0 Å². The molecule has 0 fully saturated rings. The highest BCUT2D eigenvalue weighted by molar-refractivity contribution is 5.42. The average Bonchev–Trinajstić information content (AvgIpc) is 2.36. The number of benzene rings is 1. The summed E-state index contributed by atoms with van der Waals surface area (Å²) in [7, 11) is 0. The molecule has 0 heterocycles. The summed E-state index contributed by atoms with van der Waals surface area (Å²) < 4.78 is 0. The van der Waals surface area contributed by atoms with E-state index >= 15 is 0 Å². The van der Waals surface area contributed by atoms with Crippen LogP contribution in [-0.2, 0) is 6.54 Å². The maximum absolute atomic E-state index is 10.8. The molecule has 0 aliphatic heterocycles. The molecule has 0 aliphatic rings. The van der Waals surface area contributed by atoms with E-state index in [1.54, 1.807) is 19.1 Å². The number of nitrogens with one attached hydrogen (secondary N) is 1. The molecular formula is C13H20N2O3. The van der Waals surface area contributed by atoms with Gasteiger partial charge in [0.05, 0.1) is 4.92 Å². The second-order valence-corrected chi connectivity index (χ2v) is 4.71. The maximum atomic E-state index is 10.8. The summed E-state index contributed by atoms with van der Waals surface area (Å²) in [6.07, 6.45) is 0. The molecule has 0 saturated heterocycles. The van der Waals surface area contributed by atoms with E-state index in [0.29, 0.717) is 12.1 Å². The summed E-state index contributed by atoms with van der Waals surface area (Å²) in [4.78, 5) is 10.5. The number of rotatable bonds is 6.